The molecule has 0 saturated heterocycles. The minimum atomic E-state index is -0.279. The van der Waals surface area contributed by atoms with Gasteiger partial charge in [0.15, 0.2) is 0 Å². The maximum atomic E-state index is 13.2. The van der Waals surface area contributed by atoms with Crippen LogP contribution in [0.25, 0.3) is 0 Å². The van der Waals surface area contributed by atoms with Crippen LogP contribution in [-0.4, -0.2) is 28.1 Å². The number of benzene rings is 1. The molecule has 0 spiro atoms. The van der Waals surface area contributed by atoms with Crippen molar-refractivity contribution in [2.75, 3.05) is 11.9 Å². The summed E-state index contributed by atoms with van der Waals surface area (Å²) in [6, 6.07) is 6.52. The summed E-state index contributed by atoms with van der Waals surface area (Å²) in [4.78, 5) is 13.9. The fourth-order valence-corrected chi connectivity index (χ4v) is 1.88. The summed E-state index contributed by atoms with van der Waals surface area (Å²) in [5, 5.41) is 0.0572. The molecule has 21 heavy (non-hydrogen) atoms. The van der Waals surface area contributed by atoms with E-state index in [1.165, 1.54) is 12.1 Å². The minimum absolute atomic E-state index is 0.0572. The third-order valence-electron chi connectivity index (χ3n) is 2.57. The van der Waals surface area contributed by atoms with Crippen molar-refractivity contribution in [1.82, 2.24) is 15.0 Å². The van der Waals surface area contributed by atoms with Crippen molar-refractivity contribution in [3.63, 3.8) is 0 Å². The first-order chi connectivity index (χ1) is 9.94. The molecule has 0 aliphatic heterocycles. The summed E-state index contributed by atoms with van der Waals surface area (Å²) in [5.74, 6) is 0.0910. The maximum absolute atomic E-state index is 13.2. The molecule has 0 unspecified atom stereocenters. The van der Waals surface area contributed by atoms with Gasteiger partial charge in [-0.3, -0.25) is 0 Å². The van der Waals surface area contributed by atoms with Gasteiger partial charge in [0.1, 0.15) is 5.82 Å². The molecule has 0 saturated carbocycles. The topological polar surface area (TPSA) is 51.1 Å². The van der Waals surface area contributed by atoms with Gasteiger partial charge in [0.05, 0.1) is 6.10 Å². The summed E-state index contributed by atoms with van der Waals surface area (Å²) >= 11 is 5.88. The van der Waals surface area contributed by atoms with Crippen LogP contribution < -0.4 is 9.64 Å². The molecule has 0 aliphatic carbocycles. The van der Waals surface area contributed by atoms with Crippen LogP contribution in [0.15, 0.2) is 24.3 Å². The molecule has 1 aromatic heterocycles. The molecule has 1 aromatic carbocycles. The third kappa shape index (κ3) is 4.53. The fraction of sp³-hybridized carbons (Fsp3) is 0.357. The Morgan fingerprint density at radius 2 is 2.05 bits per heavy atom. The highest BCUT2D eigenvalue weighted by molar-refractivity contribution is 6.28. The zero-order valence-corrected chi connectivity index (χ0v) is 12.8. The quantitative estimate of drug-likeness (QED) is 0.849. The van der Waals surface area contributed by atoms with Crippen LogP contribution in [0.5, 0.6) is 6.01 Å². The van der Waals surface area contributed by atoms with Gasteiger partial charge in [-0.05, 0) is 43.1 Å². The van der Waals surface area contributed by atoms with E-state index in [2.05, 4.69) is 15.0 Å². The van der Waals surface area contributed by atoms with Crippen molar-refractivity contribution in [1.29, 1.82) is 0 Å². The van der Waals surface area contributed by atoms with Gasteiger partial charge < -0.3 is 9.64 Å². The number of hydrogen-bond acceptors (Lipinski definition) is 5. The van der Waals surface area contributed by atoms with Crippen LogP contribution in [0, 0.1) is 5.82 Å². The average Bonchev–Trinajstić information content (AvgIpc) is 2.37. The number of hydrogen-bond donors (Lipinski definition) is 0. The molecule has 0 N–H and O–H groups in total. The molecule has 0 fully saturated rings. The van der Waals surface area contributed by atoms with Gasteiger partial charge in [0.2, 0.25) is 11.2 Å². The van der Waals surface area contributed by atoms with E-state index in [-0.39, 0.29) is 23.2 Å². The van der Waals surface area contributed by atoms with Crippen molar-refractivity contribution in [2.45, 2.75) is 26.5 Å². The van der Waals surface area contributed by atoms with Gasteiger partial charge in [0.25, 0.3) is 0 Å². The van der Waals surface area contributed by atoms with E-state index in [1.807, 2.05) is 19.9 Å². The van der Waals surface area contributed by atoms with Gasteiger partial charge in [-0.1, -0.05) is 12.1 Å². The molecular formula is C14H16ClFN4O. The second-order valence-corrected chi connectivity index (χ2v) is 5.18. The number of rotatable bonds is 5. The van der Waals surface area contributed by atoms with Crippen molar-refractivity contribution in [3.05, 3.63) is 40.9 Å². The lowest BCUT2D eigenvalue weighted by Crippen LogP contribution is -2.20. The van der Waals surface area contributed by atoms with E-state index in [0.29, 0.717) is 12.5 Å². The largest absolute Gasteiger partial charge is 0.461 e. The van der Waals surface area contributed by atoms with Gasteiger partial charge in [-0.25, -0.2) is 4.39 Å². The minimum Gasteiger partial charge on any atom is -0.461 e. The lowest BCUT2D eigenvalue weighted by atomic mass is 10.2. The highest BCUT2D eigenvalue weighted by Crippen LogP contribution is 2.17. The van der Waals surface area contributed by atoms with Crippen LogP contribution in [0.1, 0.15) is 19.4 Å². The van der Waals surface area contributed by atoms with E-state index in [0.717, 1.165) is 5.56 Å². The summed E-state index contributed by atoms with van der Waals surface area (Å²) in [6.45, 7) is 4.18. The average molecular weight is 311 g/mol. The first-order valence-electron chi connectivity index (χ1n) is 6.48. The lowest BCUT2D eigenvalue weighted by molar-refractivity contribution is 0.221. The molecule has 112 valence electrons. The van der Waals surface area contributed by atoms with E-state index in [4.69, 9.17) is 16.3 Å². The number of aromatic nitrogens is 3. The normalized spacial score (nSPS) is 10.8. The molecule has 0 bridgehead atoms. The monoisotopic (exact) mass is 310 g/mol. The third-order valence-corrected chi connectivity index (χ3v) is 2.74. The van der Waals surface area contributed by atoms with Crippen LogP contribution in [0.3, 0.4) is 0 Å². The summed E-state index contributed by atoms with van der Waals surface area (Å²) < 4.78 is 18.6. The molecule has 5 nitrogen and oxygen atoms in total. The molecule has 0 atom stereocenters. The first kappa shape index (κ1) is 15.4. The second kappa shape index (κ2) is 6.67. The van der Waals surface area contributed by atoms with Crippen LogP contribution in [0.2, 0.25) is 5.28 Å². The van der Waals surface area contributed by atoms with Crippen LogP contribution in [0.4, 0.5) is 10.3 Å². The van der Waals surface area contributed by atoms with E-state index in [9.17, 15) is 4.39 Å². The molecule has 1 heterocycles. The molecule has 7 heteroatoms. The Kier molecular flexibility index (Phi) is 4.90. The standard InChI is InChI=1S/C14H16ClFN4O/c1-9(2)21-14-18-12(15)17-13(19-14)20(3)8-10-5-4-6-11(16)7-10/h4-7,9H,8H2,1-3H3. The van der Waals surface area contributed by atoms with Gasteiger partial charge >= 0.3 is 6.01 Å². The van der Waals surface area contributed by atoms with E-state index in [1.54, 1.807) is 18.0 Å². The SMILES string of the molecule is CC(C)Oc1nc(Cl)nc(N(C)Cc2cccc(F)c2)n1. The number of anilines is 1. The van der Waals surface area contributed by atoms with Crippen LogP contribution >= 0.6 is 11.6 Å². The Balaban J connectivity index is 2.18. The second-order valence-electron chi connectivity index (χ2n) is 4.84. The van der Waals surface area contributed by atoms with Crippen molar-refractivity contribution >= 4 is 17.5 Å². The van der Waals surface area contributed by atoms with E-state index >= 15 is 0 Å². The molecule has 0 radical (unpaired) electrons. The summed E-state index contributed by atoms with van der Waals surface area (Å²) in [6.07, 6.45) is -0.0650. The molecule has 0 amide bonds. The highest BCUT2D eigenvalue weighted by Gasteiger charge is 2.12. The number of halogens is 2. The van der Waals surface area contributed by atoms with Gasteiger partial charge in [-0.15, -0.1) is 0 Å². The highest BCUT2D eigenvalue weighted by atomic mass is 35.5. The van der Waals surface area contributed by atoms with Crippen molar-refractivity contribution < 1.29 is 9.13 Å². The fourth-order valence-electron chi connectivity index (χ4n) is 1.74. The Morgan fingerprint density at radius 1 is 1.29 bits per heavy atom. The molecular weight excluding hydrogens is 295 g/mol. The maximum Gasteiger partial charge on any atom is 0.322 e. The smallest absolute Gasteiger partial charge is 0.322 e. The van der Waals surface area contributed by atoms with Gasteiger partial charge in [-0.2, -0.15) is 15.0 Å². The Morgan fingerprint density at radius 3 is 2.71 bits per heavy atom. The van der Waals surface area contributed by atoms with E-state index < -0.39 is 0 Å². The lowest BCUT2D eigenvalue weighted by Gasteiger charge is -2.18. The van der Waals surface area contributed by atoms with Crippen molar-refractivity contribution in [3.8, 4) is 6.01 Å². The zero-order chi connectivity index (χ0) is 15.4. The van der Waals surface area contributed by atoms with Crippen LogP contribution in [-0.2, 0) is 6.54 Å². The van der Waals surface area contributed by atoms with Gasteiger partial charge in [0, 0.05) is 13.6 Å². The summed E-state index contributed by atoms with van der Waals surface area (Å²) in [7, 11) is 1.79. The molecule has 2 rings (SSSR count). The number of nitrogens with zero attached hydrogens (tertiary/aromatic N) is 4. The Hall–Kier alpha value is -1.95. The zero-order valence-electron chi connectivity index (χ0n) is 12.0. The molecule has 0 aliphatic rings. The predicted molar refractivity (Wildman–Crippen MR) is 79.1 cm³/mol. The first-order valence-corrected chi connectivity index (χ1v) is 6.85. The van der Waals surface area contributed by atoms with Crippen molar-refractivity contribution in [2.24, 2.45) is 0 Å². The Bertz CT molecular complexity index is 624. The Labute approximate surface area is 127 Å². The number of ether oxygens (including phenoxy) is 1. The summed E-state index contributed by atoms with van der Waals surface area (Å²) in [5.41, 5.74) is 0.806. The predicted octanol–water partition coefficient (Wildman–Crippen LogP) is 3.09. The molecule has 2 aromatic rings.